The lowest BCUT2D eigenvalue weighted by atomic mass is 9.67. The number of rotatable bonds is 2. The van der Waals surface area contributed by atoms with Crippen molar-refractivity contribution in [3.8, 4) is 0 Å². The lowest BCUT2D eigenvalue weighted by Crippen LogP contribution is -2.40. The maximum Gasteiger partial charge on any atom is 0.237 e. The fraction of sp³-hybridized carbons (Fsp3) is 0.900. The van der Waals surface area contributed by atoms with Gasteiger partial charge in [-0.15, -0.1) is 0 Å². The average Bonchev–Trinajstić information content (AvgIpc) is 2.47. The molecule has 3 nitrogen and oxygen atoms in total. The molecule has 1 spiro atoms. The predicted molar refractivity (Wildman–Crippen MR) is 51.4 cm³/mol. The van der Waals surface area contributed by atoms with Crippen LogP contribution in [0.3, 0.4) is 0 Å². The Hall–Kier alpha value is -0.570. The maximum atomic E-state index is 11.5. The third kappa shape index (κ3) is 1.57. The van der Waals surface area contributed by atoms with E-state index in [4.69, 9.17) is 0 Å². The van der Waals surface area contributed by atoms with Gasteiger partial charge in [0.05, 0.1) is 6.04 Å². The van der Waals surface area contributed by atoms with Crippen molar-refractivity contribution < 1.29 is 4.79 Å². The Labute approximate surface area is 79.3 Å². The molecule has 0 aromatic heterocycles. The van der Waals surface area contributed by atoms with Crippen molar-refractivity contribution in [3.05, 3.63) is 0 Å². The summed E-state index contributed by atoms with van der Waals surface area (Å²) in [5.74, 6) is 0.186. The van der Waals surface area contributed by atoms with Crippen LogP contribution in [0.4, 0.5) is 0 Å². The summed E-state index contributed by atoms with van der Waals surface area (Å²) in [6.45, 7) is 3.75. The van der Waals surface area contributed by atoms with E-state index < -0.39 is 0 Å². The van der Waals surface area contributed by atoms with Gasteiger partial charge in [-0.25, -0.2) is 0 Å². The highest BCUT2D eigenvalue weighted by Crippen LogP contribution is 2.47. The lowest BCUT2D eigenvalue weighted by Gasteiger charge is -2.37. The van der Waals surface area contributed by atoms with Crippen LogP contribution in [0.15, 0.2) is 0 Å². The summed E-state index contributed by atoms with van der Waals surface area (Å²) >= 11 is 0. The Balaban J connectivity index is 1.87. The van der Waals surface area contributed by atoms with E-state index in [2.05, 4.69) is 10.6 Å². The summed E-state index contributed by atoms with van der Waals surface area (Å²) in [6, 6.07) is 0.0836. The molecule has 1 heterocycles. The van der Waals surface area contributed by atoms with Crippen molar-refractivity contribution >= 4 is 5.91 Å². The standard InChI is InChI=1S/C10H18N2O/c1-2-11-9(13)8-6-10(7-12-8)4-3-5-10/h8,12H,2-7H2,1H3,(H,11,13). The van der Waals surface area contributed by atoms with Crippen LogP contribution in [0, 0.1) is 5.41 Å². The molecule has 13 heavy (non-hydrogen) atoms. The van der Waals surface area contributed by atoms with Gasteiger partial charge in [-0.1, -0.05) is 6.42 Å². The first-order valence-corrected chi connectivity index (χ1v) is 5.27. The molecule has 74 valence electrons. The van der Waals surface area contributed by atoms with E-state index in [1.165, 1.54) is 19.3 Å². The van der Waals surface area contributed by atoms with Crippen LogP contribution in [0.2, 0.25) is 0 Å². The first kappa shape index (κ1) is 9.00. The van der Waals surface area contributed by atoms with Crippen LogP contribution in [-0.4, -0.2) is 25.0 Å². The fourth-order valence-electron chi connectivity index (χ4n) is 2.46. The summed E-state index contributed by atoms with van der Waals surface area (Å²) in [4.78, 5) is 11.5. The number of likely N-dealkylation sites (N-methyl/N-ethyl adjacent to an activating group) is 1. The van der Waals surface area contributed by atoms with Gasteiger partial charge >= 0.3 is 0 Å². The van der Waals surface area contributed by atoms with Gasteiger partial charge in [0, 0.05) is 13.1 Å². The van der Waals surface area contributed by atoms with Gasteiger partial charge in [0.1, 0.15) is 0 Å². The summed E-state index contributed by atoms with van der Waals surface area (Å²) in [7, 11) is 0. The van der Waals surface area contributed by atoms with Crippen LogP contribution in [0.1, 0.15) is 32.6 Å². The van der Waals surface area contributed by atoms with Gasteiger partial charge in [0.25, 0.3) is 0 Å². The van der Waals surface area contributed by atoms with Crippen LogP contribution in [0.5, 0.6) is 0 Å². The van der Waals surface area contributed by atoms with Crippen molar-refractivity contribution in [2.24, 2.45) is 5.41 Å². The fourth-order valence-corrected chi connectivity index (χ4v) is 2.46. The van der Waals surface area contributed by atoms with Gasteiger partial charge in [0.15, 0.2) is 0 Å². The quantitative estimate of drug-likeness (QED) is 0.658. The molecule has 1 saturated carbocycles. The summed E-state index contributed by atoms with van der Waals surface area (Å²) in [5.41, 5.74) is 0.496. The second kappa shape index (κ2) is 3.29. The van der Waals surface area contributed by atoms with Gasteiger partial charge in [0.2, 0.25) is 5.91 Å². The normalized spacial score (nSPS) is 30.1. The molecule has 0 radical (unpaired) electrons. The largest absolute Gasteiger partial charge is 0.355 e. The smallest absolute Gasteiger partial charge is 0.237 e. The molecule has 1 atom stereocenters. The highest BCUT2D eigenvalue weighted by molar-refractivity contribution is 5.82. The van der Waals surface area contributed by atoms with E-state index in [0.717, 1.165) is 19.5 Å². The topological polar surface area (TPSA) is 41.1 Å². The van der Waals surface area contributed by atoms with E-state index in [1.54, 1.807) is 0 Å². The highest BCUT2D eigenvalue weighted by atomic mass is 16.2. The van der Waals surface area contributed by atoms with Crippen LogP contribution in [0.25, 0.3) is 0 Å². The average molecular weight is 182 g/mol. The number of carbonyl (C=O) groups is 1. The van der Waals surface area contributed by atoms with Crippen molar-refractivity contribution in [1.82, 2.24) is 10.6 Å². The molecule has 2 rings (SSSR count). The minimum atomic E-state index is 0.0836. The van der Waals surface area contributed by atoms with Crippen molar-refractivity contribution in [2.45, 2.75) is 38.6 Å². The zero-order chi connectivity index (χ0) is 9.31. The summed E-state index contributed by atoms with van der Waals surface area (Å²) < 4.78 is 0. The zero-order valence-electron chi connectivity index (χ0n) is 8.23. The Bertz CT molecular complexity index is 211. The Morgan fingerprint density at radius 1 is 1.62 bits per heavy atom. The van der Waals surface area contributed by atoms with Crippen LogP contribution in [-0.2, 0) is 4.79 Å². The molecule has 1 saturated heterocycles. The minimum Gasteiger partial charge on any atom is -0.355 e. The number of amides is 1. The molecule has 0 aromatic carbocycles. The predicted octanol–water partition coefficient (Wildman–Crippen LogP) is 0.655. The highest BCUT2D eigenvalue weighted by Gasteiger charge is 2.45. The lowest BCUT2D eigenvalue weighted by molar-refractivity contribution is -0.122. The Morgan fingerprint density at radius 2 is 2.38 bits per heavy atom. The molecule has 1 unspecified atom stereocenters. The van der Waals surface area contributed by atoms with E-state index in [-0.39, 0.29) is 11.9 Å². The molecule has 3 heteroatoms. The third-order valence-electron chi connectivity index (χ3n) is 3.44. The van der Waals surface area contributed by atoms with Gasteiger partial charge in [-0.3, -0.25) is 4.79 Å². The molecule has 0 aromatic rings. The van der Waals surface area contributed by atoms with Crippen molar-refractivity contribution in [3.63, 3.8) is 0 Å². The monoisotopic (exact) mass is 182 g/mol. The zero-order valence-corrected chi connectivity index (χ0v) is 8.23. The summed E-state index contributed by atoms with van der Waals surface area (Å²) in [6.07, 6.45) is 5.04. The van der Waals surface area contributed by atoms with Gasteiger partial charge < -0.3 is 10.6 Å². The number of carbonyl (C=O) groups excluding carboxylic acids is 1. The molecule has 0 bridgehead atoms. The van der Waals surface area contributed by atoms with Gasteiger partial charge in [-0.05, 0) is 31.6 Å². The molecule has 2 fully saturated rings. The SMILES string of the molecule is CCNC(=O)C1CC2(CCC2)CN1. The van der Waals surface area contributed by atoms with Crippen molar-refractivity contribution in [2.75, 3.05) is 13.1 Å². The first-order chi connectivity index (χ1) is 6.26. The molecule has 1 aliphatic carbocycles. The summed E-state index contributed by atoms with van der Waals surface area (Å²) in [5, 5.41) is 6.19. The number of hydrogen-bond acceptors (Lipinski definition) is 2. The maximum absolute atomic E-state index is 11.5. The second-order valence-corrected chi connectivity index (χ2v) is 4.39. The van der Waals surface area contributed by atoms with Crippen molar-refractivity contribution in [1.29, 1.82) is 0 Å². The Kier molecular flexibility index (Phi) is 2.28. The van der Waals surface area contributed by atoms with Crippen LogP contribution < -0.4 is 10.6 Å². The molecule has 2 N–H and O–H groups in total. The van der Waals surface area contributed by atoms with E-state index in [0.29, 0.717) is 5.41 Å². The second-order valence-electron chi connectivity index (χ2n) is 4.39. The van der Waals surface area contributed by atoms with E-state index >= 15 is 0 Å². The van der Waals surface area contributed by atoms with E-state index in [9.17, 15) is 4.79 Å². The first-order valence-electron chi connectivity index (χ1n) is 5.27. The molecule has 2 aliphatic rings. The molecule has 1 amide bonds. The third-order valence-corrected chi connectivity index (χ3v) is 3.44. The Morgan fingerprint density at radius 3 is 2.85 bits per heavy atom. The number of hydrogen-bond donors (Lipinski definition) is 2. The van der Waals surface area contributed by atoms with Gasteiger partial charge in [-0.2, -0.15) is 0 Å². The molecular formula is C10H18N2O. The van der Waals surface area contributed by atoms with E-state index in [1.807, 2.05) is 6.92 Å². The minimum absolute atomic E-state index is 0.0836. The molecular weight excluding hydrogens is 164 g/mol. The number of nitrogens with one attached hydrogen (secondary N) is 2. The molecule has 1 aliphatic heterocycles. The van der Waals surface area contributed by atoms with Crippen LogP contribution >= 0.6 is 0 Å².